The van der Waals surface area contributed by atoms with Crippen LogP contribution >= 0.6 is 0 Å². The molecule has 1 aromatic carbocycles. The molecule has 0 aliphatic carbocycles. The van der Waals surface area contributed by atoms with Gasteiger partial charge < -0.3 is 11.1 Å². The van der Waals surface area contributed by atoms with Crippen LogP contribution in [0.5, 0.6) is 0 Å². The van der Waals surface area contributed by atoms with E-state index in [0.717, 1.165) is 11.8 Å². The van der Waals surface area contributed by atoms with E-state index in [0.29, 0.717) is 25.1 Å². The predicted molar refractivity (Wildman–Crippen MR) is 88.8 cm³/mol. The molecule has 0 spiro atoms. The highest BCUT2D eigenvalue weighted by Gasteiger charge is 2.33. The molecule has 124 valence electrons. The molecule has 0 aliphatic rings. The number of nitrogens with two attached hydrogens (primary N) is 1. The van der Waals surface area contributed by atoms with Gasteiger partial charge in [-0.05, 0) is 30.5 Å². The summed E-state index contributed by atoms with van der Waals surface area (Å²) in [5, 5.41) is 2.88. The summed E-state index contributed by atoms with van der Waals surface area (Å²) in [7, 11) is -3.21. The molecule has 0 heterocycles. The molecule has 0 fully saturated rings. The number of benzene rings is 1. The fraction of sp³-hybridized carbons (Fsp3) is 0.533. The number of hydrogen-bond acceptors (Lipinski definition) is 4. The molecular formula is C15H25N3O3S. The van der Waals surface area contributed by atoms with Crippen LogP contribution in [0.2, 0.25) is 0 Å². The minimum atomic E-state index is -3.21. The highest BCUT2D eigenvalue weighted by molar-refractivity contribution is 7.88. The predicted octanol–water partition coefficient (Wildman–Crippen LogP) is 1.44. The van der Waals surface area contributed by atoms with Crippen molar-refractivity contribution >= 4 is 21.6 Å². The zero-order valence-corrected chi connectivity index (χ0v) is 14.2. The number of sulfonamides is 1. The quantitative estimate of drug-likeness (QED) is 0.672. The van der Waals surface area contributed by atoms with E-state index in [1.165, 1.54) is 0 Å². The van der Waals surface area contributed by atoms with Gasteiger partial charge in [0, 0.05) is 18.8 Å². The van der Waals surface area contributed by atoms with Crippen molar-refractivity contribution in [2.24, 2.45) is 11.1 Å². The van der Waals surface area contributed by atoms with E-state index in [-0.39, 0.29) is 12.5 Å². The van der Waals surface area contributed by atoms with Crippen LogP contribution in [0.15, 0.2) is 24.3 Å². The molecule has 6 nitrogen and oxygen atoms in total. The van der Waals surface area contributed by atoms with E-state index in [4.69, 9.17) is 5.73 Å². The Morgan fingerprint density at radius 3 is 2.14 bits per heavy atom. The Kier molecular flexibility index (Phi) is 6.52. The normalized spacial score (nSPS) is 12.2. The molecule has 4 N–H and O–H groups in total. The van der Waals surface area contributed by atoms with Crippen LogP contribution < -0.4 is 15.8 Å². The van der Waals surface area contributed by atoms with Gasteiger partial charge in [0.2, 0.25) is 15.9 Å². The Morgan fingerprint density at radius 1 is 1.18 bits per heavy atom. The lowest BCUT2D eigenvalue weighted by Gasteiger charge is -2.28. The van der Waals surface area contributed by atoms with Gasteiger partial charge in [-0.25, -0.2) is 13.1 Å². The van der Waals surface area contributed by atoms with Crippen molar-refractivity contribution in [1.82, 2.24) is 4.72 Å². The second-order valence-electron chi connectivity index (χ2n) is 5.44. The number of nitrogens with one attached hydrogen (secondary N) is 2. The van der Waals surface area contributed by atoms with Crippen LogP contribution in [0.1, 0.15) is 32.3 Å². The Hall–Kier alpha value is -1.44. The lowest BCUT2D eigenvalue weighted by atomic mass is 9.81. The van der Waals surface area contributed by atoms with Crippen LogP contribution in [0.25, 0.3) is 0 Å². The lowest BCUT2D eigenvalue weighted by Crippen LogP contribution is -2.41. The fourth-order valence-corrected chi connectivity index (χ4v) is 2.57. The minimum Gasteiger partial charge on any atom is -0.329 e. The fourth-order valence-electron chi connectivity index (χ4n) is 2.14. The highest BCUT2D eigenvalue weighted by Crippen LogP contribution is 2.27. The first kappa shape index (κ1) is 18.6. The van der Waals surface area contributed by atoms with E-state index in [1.54, 1.807) is 24.3 Å². The van der Waals surface area contributed by atoms with Gasteiger partial charge in [-0.2, -0.15) is 0 Å². The van der Waals surface area contributed by atoms with Crippen molar-refractivity contribution in [2.45, 2.75) is 33.2 Å². The van der Waals surface area contributed by atoms with Gasteiger partial charge in [0.05, 0.1) is 11.7 Å². The van der Waals surface area contributed by atoms with E-state index >= 15 is 0 Å². The summed E-state index contributed by atoms with van der Waals surface area (Å²) < 4.78 is 24.5. The molecule has 0 atom stereocenters. The molecule has 1 rings (SSSR count). The zero-order valence-electron chi connectivity index (χ0n) is 13.3. The number of carbonyl (C=O) groups is 1. The molecule has 0 bridgehead atoms. The molecule has 22 heavy (non-hydrogen) atoms. The molecule has 1 amide bonds. The maximum absolute atomic E-state index is 12.4. The first-order valence-electron chi connectivity index (χ1n) is 7.31. The van der Waals surface area contributed by atoms with Crippen LogP contribution in [0.4, 0.5) is 5.69 Å². The summed E-state index contributed by atoms with van der Waals surface area (Å²) in [6.45, 7) is 4.44. The van der Waals surface area contributed by atoms with Crippen molar-refractivity contribution in [3.63, 3.8) is 0 Å². The number of anilines is 1. The van der Waals surface area contributed by atoms with Crippen molar-refractivity contribution < 1.29 is 13.2 Å². The van der Waals surface area contributed by atoms with Gasteiger partial charge >= 0.3 is 0 Å². The van der Waals surface area contributed by atoms with Crippen molar-refractivity contribution in [3.05, 3.63) is 29.8 Å². The molecule has 0 aromatic heterocycles. The first-order valence-corrected chi connectivity index (χ1v) is 9.20. The van der Waals surface area contributed by atoms with Gasteiger partial charge in [-0.1, -0.05) is 26.0 Å². The van der Waals surface area contributed by atoms with E-state index < -0.39 is 15.4 Å². The van der Waals surface area contributed by atoms with E-state index in [1.807, 2.05) is 13.8 Å². The summed E-state index contributed by atoms with van der Waals surface area (Å²) in [5.74, 6) is -0.0815. The summed E-state index contributed by atoms with van der Waals surface area (Å²) in [5.41, 5.74) is 6.71. The van der Waals surface area contributed by atoms with Crippen molar-refractivity contribution in [3.8, 4) is 0 Å². The molecule has 7 heteroatoms. The third-order valence-electron chi connectivity index (χ3n) is 3.98. The maximum Gasteiger partial charge on any atom is 0.231 e. The monoisotopic (exact) mass is 327 g/mol. The van der Waals surface area contributed by atoms with Crippen LogP contribution in [-0.4, -0.2) is 27.1 Å². The number of hydrogen-bond donors (Lipinski definition) is 3. The molecule has 0 saturated carbocycles. The molecule has 0 saturated heterocycles. The van der Waals surface area contributed by atoms with Crippen molar-refractivity contribution in [1.29, 1.82) is 0 Å². The second-order valence-corrected chi connectivity index (χ2v) is 7.27. The Morgan fingerprint density at radius 2 is 1.73 bits per heavy atom. The topological polar surface area (TPSA) is 101 Å². The third kappa shape index (κ3) is 5.08. The zero-order chi connectivity index (χ0) is 16.8. The summed E-state index contributed by atoms with van der Waals surface area (Å²) >= 11 is 0. The third-order valence-corrected chi connectivity index (χ3v) is 4.64. The number of rotatable bonds is 8. The first-order chi connectivity index (χ1) is 10.3. The average Bonchev–Trinajstić information content (AvgIpc) is 2.48. The van der Waals surface area contributed by atoms with Gasteiger partial charge in [0.15, 0.2) is 0 Å². The van der Waals surface area contributed by atoms with Gasteiger partial charge in [-0.3, -0.25) is 4.79 Å². The van der Waals surface area contributed by atoms with Crippen LogP contribution in [-0.2, 0) is 21.4 Å². The molecule has 0 radical (unpaired) electrons. The van der Waals surface area contributed by atoms with E-state index in [2.05, 4.69) is 10.0 Å². The van der Waals surface area contributed by atoms with Gasteiger partial charge in [0.25, 0.3) is 0 Å². The highest BCUT2D eigenvalue weighted by atomic mass is 32.2. The minimum absolute atomic E-state index is 0.0815. The molecule has 0 aliphatic heterocycles. The lowest BCUT2D eigenvalue weighted by molar-refractivity contribution is -0.125. The molecular weight excluding hydrogens is 302 g/mol. The van der Waals surface area contributed by atoms with Gasteiger partial charge in [-0.15, -0.1) is 0 Å². The number of carbonyl (C=O) groups excluding carboxylic acids is 1. The smallest absolute Gasteiger partial charge is 0.231 e. The molecule has 1 aromatic rings. The Labute approximate surface area is 132 Å². The van der Waals surface area contributed by atoms with Gasteiger partial charge in [0.1, 0.15) is 0 Å². The SMILES string of the molecule is CCC(CC)(CN)C(=O)Nc1ccc(CNS(C)(=O)=O)cc1. The Bertz CT molecular complexity index is 585. The second kappa shape index (κ2) is 7.71. The largest absolute Gasteiger partial charge is 0.329 e. The molecule has 0 unspecified atom stereocenters. The summed E-state index contributed by atoms with van der Waals surface area (Å²) in [6.07, 6.45) is 2.48. The van der Waals surface area contributed by atoms with Crippen LogP contribution in [0.3, 0.4) is 0 Å². The average molecular weight is 327 g/mol. The Balaban J connectivity index is 2.73. The number of amides is 1. The summed E-state index contributed by atoms with van der Waals surface area (Å²) in [4.78, 5) is 12.4. The standard InChI is InChI=1S/C15H25N3O3S/c1-4-15(5-2,11-16)14(19)18-13-8-6-12(7-9-13)10-17-22(3,20)21/h6-9,17H,4-5,10-11,16H2,1-3H3,(H,18,19). The van der Waals surface area contributed by atoms with Crippen LogP contribution in [0, 0.1) is 5.41 Å². The maximum atomic E-state index is 12.4. The van der Waals surface area contributed by atoms with Crippen molar-refractivity contribution in [2.75, 3.05) is 18.1 Å². The van der Waals surface area contributed by atoms with E-state index in [9.17, 15) is 13.2 Å². The summed E-state index contributed by atoms with van der Waals surface area (Å²) in [6, 6.07) is 7.05.